The molecule has 1 N–H and O–H groups in total. The van der Waals surface area contributed by atoms with Crippen LogP contribution in [0.5, 0.6) is 0 Å². The second-order valence-electron chi connectivity index (χ2n) is 3.88. The predicted molar refractivity (Wildman–Crippen MR) is 66.9 cm³/mol. The third kappa shape index (κ3) is 2.15. The number of aliphatic hydroxyl groups is 1. The van der Waals surface area contributed by atoms with Gasteiger partial charge in [-0.3, -0.25) is 4.79 Å². The van der Waals surface area contributed by atoms with Crippen LogP contribution in [0, 0.1) is 5.82 Å². The molecule has 0 fully saturated rings. The largest absolute Gasteiger partial charge is 0.373 e. The van der Waals surface area contributed by atoms with Crippen LogP contribution < -0.4 is 0 Å². The molecule has 4 heteroatoms. The van der Waals surface area contributed by atoms with E-state index in [4.69, 9.17) is 11.6 Å². The quantitative estimate of drug-likeness (QED) is 0.866. The maximum Gasteiger partial charge on any atom is 0.170 e. The van der Waals surface area contributed by atoms with E-state index in [0.29, 0.717) is 11.8 Å². The molecule has 0 aliphatic heterocycles. The van der Waals surface area contributed by atoms with Gasteiger partial charge in [0.15, 0.2) is 11.9 Å². The average molecular weight is 265 g/mol. The highest BCUT2D eigenvalue weighted by molar-refractivity contribution is 6.30. The number of rotatable bonds is 3. The fraction of sp³-hybridized carbons (Fsp3) is 0.0714. The highest BCUT2D eigenvalue weighted by atomic mass is 35.5. The molecule has 0 aromatic heterocycles. The summed E-state index contributed by atoms with van der Waals surface area (Å²) >= 11 is 5.66. The van der Waals surface area contributed by atoms with Crippen molar-refractivity contribution in [3.05, 3.63) is 70.5 Å². The van der Waals surface area contributed by atoms with E-state index in [1.54, 1.807) is 30.3 Å². The lowest BCUT2D eigenvalue weighted by Gasteiger charge is -2.23. The molecule has 18 heavy (non-hydrogen) atoms. The van der Waals surface area contributed by atoms with Crippen LogP contribution in [0.3, 0.4) is 0 Å². The first-order chi connectivity index (χ1) is 8.58. The predicted octanol–water partition coefficient (Wildman–Crippen LogP) is 2.91. The summed E-state index contributed by atoms with van der Waals surface area (Å²) in [6, 6.07) is 12.1. The molecule has 2 rings (SSSR count). The molecular weight excluding hydrogens is 255 g/mol. The Kier molecular flexibility index (Phi) is 3.45. The summed E-state index contributed by atoms with van der Waals surface area (Å²) in [6.07, 6.45) is 0.409. The molecule has 0 spiro atoms. The summed E-state index contributed by atoms with van der Waals surface area (Å²) in [6.45, 7) is 0. The zero-order valence-electron chi connectivity index (χ0n) is 9.31. The second-order valence-corrected chi connectivity index (χ2v) is 4.29. The second kappa shape index (κ2) is 4.88. The maximum absolute atomic E-state index is 13.1. The summed E-state index contributed by atoms with van der Waals surface area (Å²) in [5.74, 6) is -0.596. The highest BCUT2D eigenvalue weighted by Crippen LogP contribution is 2.30. The van der Waals surface area contributed by atoms with Crippen molar-refractivity contribution in [1.82, 2.24) is 0 Å². The van der Waals surface area contributed by atoms with Crippen molar-refractivity contribution < 1.29 is 14.3 Å². The molecule has 2 aromatic rings. The van der Waals surface area contributed by atoms with E-state index < -0.39 is 11.4 Å². The van der Waals surface area contributed by atoms with E-state index in [0.717, 1.165) is 6.07 Å². The molecule has 0 amide bonds. The highest BCUT2D eigenvalue weighted by Gasteiger charge is 2.31. The van der Waals surface area contributed by atoms with Gasteiger partial charge in [0.1, 0.15) is 5.82 Å². The van der Waals surface area contributed by atoms with Gasteiger partial charge in [0, 0.05) is 0 Å². The Morgan fingerprint density at radius 2 is 1.78 bits per heavy atom. The lowest BCUT2D eigenvalue weighted by molar-refractivity contribution is -0.121. The topological polar surface area (TPSA) is 37.3 Å². The van der Waals surface area contributed by atoms with E-state index in [-0.39, 0.29) is 10.6 Å². The minimum absolute atomic E-state index is 0.135. The van der Waals surface area contributed by atoms with E-state index in [9.17, 15) is 14.3 Å². The van der Waals surface area contributed by atoms with Crippen LogP contribution in [-0.4, -0.2) is 11.4 Å². The minimum atomic E-state index is -1.82. The standard InChI is InChI=1S/C14H10ClFO2/c15-12-8-11(6-7-13(12)16)14(18,9-17)10-4-2-1-3-5-10/h1-9,18H. The summed E-state index contributed by atoms with van der Waals surface area (Å²) in [7, 11) is 0. The molecule has 0 saturated carbocycles. The fourth-order valence-electron chi connectivity index (χ4n) is 1.73. The smallest absolute Gasteiger partial charge is 0.170 e. The van der Waals surface area contributed by atoms with Crippen molar-refractivity contribution in [1.29, 1.82) is 0 Å². The van der Waals surface area contributed by atoms with Gasteiger partial charge in [-0.25, -0.2) is 4.39 Å². The Morgan fingerprint density at radius 1 is 1.11 bits per heavy atom. The van der Waals surface area contributed by atoms with Gasteiger partial charge >= 0.3 is 0 Å². The molecule has 0 radical (unpaired) electrons. The van der Waals surface area contributed by atoms with E-state index in [2.05, 4.69) is 0 Å². The lowest BCUT2D eigenvalue weighted by atomic mass is 9.88. The average Bonchev–Trinajstić information content (AvgIpc) is 2.42. The number of aldehydes is 1. The molecule has 0 bridgehead atoms. The van der Waals surface area contributed by atoms with Gasteiger partial charge in [-0.2, -0.15) is 0 Å². The molecule has 0 saturated heterocycles. The third-order valence-corrected chi connectivity index (χ3v) is 3.03. The zero-order chi connectivity index (χ0) is 13.2. The number of hydrogen-bond donors (Lipinski definition) is 1. The summed E-state index contributed by atoms with van der Waals surface area (Å²) in [5, 5.41) is 10.3. The van der Waals surface area contributed by atoms with Crippen LogP contribution >= 0.6 is 11.6 Å². The van der Waals surface area contributed by atoms with Crippen LogP contribution in [0.4, 0.5) is 4.39 Å². The first kappa shape index (κ1) is 12.7. The van der Waals surface area contributed by atoms with E-state index >= 15 is 0 Å². The van der Waals surface area contributed by atoms with Crippen molar-refractivity contribution in [3.8, 4) is 0 Å². The summed E-state index contributed by atoms with van der Waals surface area (Å²) in [5.41, 5.74) is -1.18. The van der Waals surface area contributed by atoms with Crippen molar-refractivity contribution >= 4 is 17.9 Å². The third-order valence-electron chi connectivity index (χ3n) is 2.74. The van der Waals surface area contributed by atoms with Crippen molar-refractivity contribution in [2.24, 2.45) is 0 Å². The number of benzene rings is 2. The number of carbonyl (C=O) groups is 1. The van der Waals surface area contributed by atoms with Gasteiger partial charge in [0.2, 0.25) is 0 Å². The fourth-order valence-corrected chi connectivity index (χ4v) is 1.91. The summed E-state index contributed by atoms with van der Waals surface area (Å²) in [4.78, 5) is 11.2. The molecule has 0 heterocycles. The van der Waals surface area contributed by atoms with Gasteiger partial charge in [0.25, 0.3) is 0 Å². The van der Waals surface area contributed by atoms with Crippen LogP contribution in [-0.2, 0) is 10.4 Å². The van der Waals surface area contributed by atoms with Crippen molar-refractivity contribution in [2.75, 3.05) is 0 Å². The normalized spacial score (nSPS) is 13.9. The van der Waals surface area contributed by atoms with E-state index in [1.165, 1.54) is 12.1 Å². The van der Waals surface area contributed by atoms with Crippen molar-refractivity contribution in [2.45, 2.75) is 5.60 Å². The van der Waals surface area contributed by atoms with Crippen LogP contribution in [0.2, 0.25) is 5.02 Å². The van der Waals surface area contributed by atoms with Crippen LogP contribution in [0.1, 0.15) is 11.1 Å². The molecule has 92 valence electrons. The van der Waals surface area contributed by atoms with Gasteiger partial charge < -0.3 is 5.11 Å². The Bertz CT molecular complexity index is 571. The van der Waals surface area contributed by atoms with Gasteiger partial charge in [0.05, 0.1) is 5.02 Å². The monoisotopic (exact) mass is 264 g/mol. The van der Waals surface area contributed by atoms with Crippen LogP contribution in [0.15, 0.2) is 48.5 Å². The number of carbonyl (C=O) groups excluding carboxylic acids is 1. The molecule has 2 aromatic carbocycles. The molecule has 1 unspecified atom stereocenters. The minimum Gasteiger partial charge on any atom is -0.373 e. The Morgan fingerprint density at radius 3 is 2.33 bits per heavy atom. The number of hydrogen-bond acceptors (Lipinski definition) is 2. The van der Waals surface area contributed by atoms with Gasteiger partial charge in [-0.05, 0) is 23.3 Å². The first-order valence-electron chi connectivity index (χ1n) is 5.27. The Labute approximate surface area is 109 Å². The van der Waals surface area contributed by atoms with Crippen LogP contribution in [0.25, 0.3) is 0 Å². The SMILES string of the molecule is O=CC(O)(c1ccccc1)c1ccc(F)c(Cl)c1. The molecule has 0 aliphatic rings. The van der Waals surface area contributed by atoms with E-state index in [1.807, 2.05) is 0 Å². The molecular formula is C14H10ClFO2. The molecule has 0 aliphatic carbocycles. The molecule has 1 atom stereocenters. The summed E-state index contributed by atoms with van der Waals surface area (Å²) < 4.78 is 13.1. The number of halogens is 2. The van der Waals surface area contributed by atoms with Gasteiger partial charge in [-0.15, -0.1) is 0 Å². The van der Waals surface area contributed by atoms with Gasteiger partial charge in [-0.1, -0.05) is 48.0 Å². The molecule has 2 nitrogen and oxygen atoms in total. The Hall–Kier alpha value is -1.71. The first-order valence-corrected chi connectivity index (χ1v) is 5.65. The Balaban J connectivity index is 2.57. The van der Waals surface area contributed by atoms with Crippen molar-refractivity contribution in [3.63, 3.8) is 0 Å². The zero-order valence-corrected chi connectivity index (χ0v) is 10.1. The maximum atomic E-state index is 13.1. The lowest BCUT2D eigenvalue weighted by Crippen LogP contribution is -2.29.